The lowest BCUT2D eigenvalue weighted by molar-refractivity contribution is -0.170. The van der Waals surface area contributed by atoms with Gasteiger partial charge in [-0.3, -0.25) is 15.0 Å². The van der Waals surface area contributed by atoms with Crippen LogP contribution < -0.4 is 16.0 Å². The molecule has 3 aliphatic heterocycles. The molecule has 31 heavy (non-hydrogen) atoms. The molecule has 0 aromatic carbocycles. The first kappa shape index (κ1) is 19.7. The SMILES string of the molecule is O=C(NC1(C(F)(F)F)CC1)C1C=CC2=C(N1)N(C(=O)Nc1ccccn1)[C@H]1CCN2C1. The van der Waals surface area contributed by atoms with Crippen LogP contribution in [0.1, 0.15) is 19.3 Å². The lowest BCUT2D eigenvalue weighted by Crippen LogP contribution is -2.58. The molecule has 5 rings (SSSR count). The number of pyridine rings is 1. The molecule has 11 heteroatoms. The molecule has 1 aromatic rings. The van der Waals surface area contributed by atoms with E-state index in [0.29, 0.717) is 18.2 Å². The van der Waals surface area contributed by atoms with Crippen LogP contribution in [-0.2, 0) is 4.79 Å². The zero-order chi connectivity index (χ0) is 21.8. The zero-order valence-electron chi connectivity index (χ0n) is 16.4. The van der Waals surface area contributed by atoms with Gasteiger partial charge < -0.3 is 15.5 Å². The van der Waals surface area contributed by atoms with E-state index in [1.54, 1.807) is 35.4 Å². The maximum absolute atomic E-state index is 13.2. The highest BCUT2D eigenvalue weighted by Crippen LogP contribution is 2.49. The molecule has 1 saturated heterocycles. The predicted octanol–water partition coefficient (Wildman–Crippen LogP) is 1.91. The molecule has 164 valence electrons. The summed E-state index contributed by atoms with van der Waals surface area (Å²) in [6.07, 6.45) is 0.800. The number of dihydropyridines is 1. The molecule has 0 radical (unpaired) electrons. The Morgan fingerprint density at radius 1 is 1.26 bits per heavy atom. The van der Waals surface area contributed by atoms with Crippen molar-refractivity contribution in [3.8, 4) is 0 Å². The largest absolute Gasteiger partial charge is 0.411 e. The Bertz CT molecular complexity index is 973. The van der Waals surface area contributed by atoms with Crippen LogP contribution >= 0.6 is 0 Å². The first-order valence-electron chi connectivity index (χ1n) is 10.1. The smallest absolute Gasteiger partial charge is 0.366 e. The van der Waals surface area contributed by atoms with Crippen molar-refractivity contribution in [2.75, 3.05) is 18.4 Å². The predicted molar refractivity (Wildman–Crippen MR) is 104 cm³/mol. The van der Waals surface area contributed by atoms with Crippen molar-refractivity contribution in [2.45, 2.75) is 43.1 Å². The van der Waals surface area contributed by atoms with Crippen molar-refractivity contribution < 1.29 is 22.8 Å². The molecule has 1 aliphatic carbocycles. The summed E-state index contributed by atoms with van der Waals surface area (Å²) in [5.41, 5.74) is -1.40. The number of nitrogens with one attached hydrogen (secondary N) is 3. The molecular weight excluding hydrogens is 413 g/mol. The van der Waals surface area contributed by atoms with Gasteiger partial charge in [0.05, 0.1) is 11.7 Å². The van der Waals surface area contributed by atoms with Crippen LogP contribution in [0, 0.1) is 0 Å². The van der Waals surface area contributed by atoms with E-state index in [1.165, 1.54) is 6.08 Å². The third-order valence-electron chi connectivity index (χ3n) is 6.15. The number of alkyl halides is 3. The molecule has 2 fully saturated rings. The topological polar surface area (TPSA) is 89.6 Å². The van der Waals surface area contributed by atoms with Gasteiger partial charge >= 0.3 is 12.2 Å². The van der Waals surface area contributed by atoms with Gasteiger partial charge in [0.2, 0.25) is 5.91 Å². The second-order valence-corrected chi connectivity index (χ2v) is 8.19. The van der Waals surface area contributed by atoms with Crippen molar-refractivity contribution in [2.24, 2.45) is 0 Å². The van der Waals surface area contributed by atoms with Crippen molar-refractivity contribution in [3.63, 3.8) is 0 Å². The van der Waals surface area contributed by atoms with Gasteiger partial charge in [0, 0.05) is 19.3 Å². The molecular formula is C20H21F3N6O2. The van der Waals surface area contributed by atoms with Crippen LogP contribution in [0.25, 0.3) is 0 Å². The summed E-state index contributed by atoms with van der Waals surface area (Å²) in [7, 11) is 0. The minimum absolute atomic E-state index is 0.116. The maximum atomic E-state index is 13.2. The molecule has 1 aromatic heterocycles. The Morgan fingerprint density at radius 2 is 2.06 bits per heavy atom. The Balaban J connectivity index is 1.36. The number of fused-ring (bicyclic) bond motifs is 3. The first-order valence-corrected chi connectivity index (χ1v) is 10.1. The zero-order valence-corrected chi connectivity index (χ0v) is 16.4. The minimum Gasteiger partial charge on any atom is -0.366 e. The van der Waals surface area contributed by atoms with Crippen molar-refractivity contribution in [1.29, 1.82) is 0 Å². The Labute approximate surface area is 176 Å². The highest BCUT2D eigenvalue weighted by molar-refractivity contribution is 5.91. The van der Waals surface area contributed by atoms with Gasteiger partial charge in [-0.25, -0.2) is 9.78 Å². The summed E-state index contributed by atoms with van der Waals surface area (Å²) in [5, 5.41) is 7.89. The second kappa shape index (κ2) is 6.89. The summed E-state index contributed by atoms with van der Waals surface area (Å²) in [6, 6.07) is 3.61. The molecule has 1 saturated carbocycles. The minimum atomic E-state index is -4.49. The summed E-state index contributed by atoms with van der Waals surface area (Å²) in [4.78, 5) is 33.4. The number of carbonyl (C=O) groups is 2. The second-order valence-electron chi connectivity index (χ2n) is 8.19. The number of halogens is 3. The van der Waals surface area contributed by atoms with E-state index in [9.17, 15) is 22.8 Å². The quantitative estimate of drug-likeness (QED) is 0.677. The van der Waals surface area contributed by atoms with Crippen LogP contribution in [0.3, 0.4) is 0 Å². The van der Waals surface area contributed by atoms with Gasteiger partial charge in [0.1, 0.15) is 23.2 Å². The van der Waals surface area contributed by atoms with Crippen LogP contribution in [0.5, 0.6) is 0 Å². The lowest BCUT2D eigenvalue weighted by atomic mass is 10.1. The maximum Gasteiger partial charge on any atom is 0.411 e. The Morgan fingerprint density at radius 3 is 2.74 bits per heavy atom. The van der Waals surface area contributed by atoms with E-state index in [2.05, 4.69) is 25.8 Å². The third-order valence-corrected chi connectivity index (χ3v) is 6.15. The molecule has 1 unspecified atom stereocenters. The lowest BCUT2D eigenvalue weighted by Gasteiger charge is -2.41. The number of anilines is 1. The monoisotopic (exact) mass is 434 g/mol. The number of rotatable bonds is 3. The van der Waals surface area contributed by atoms with Crippen molar-refractivity contribution in [1.82, 2.24) is 25.4 Å². The number of allylic oxidation sites excluding steroid dienone is 1. The van der Waals surface area contributed by atoms with Crippen LogP contribution in [-0.4, -0.2) is 63.6 Å². The molecule has 8 nitrogen and oxygen atoms in total. The summed E-state index contributed by atoms with van der Waals surface area (Å²) in [6.45, 7) is 1.39. The average Bonchev–Trinajstić information content (AvgIpc) is 3.42. The van der Waals surface area contributed by atoms with Crippen LogP contribution in [0.15, 0.2) is 48.1 Å². The normalized spacial score (nSPS) is 25.6. The van der Waals surface area contributed by atoms with E-state index >= 15 is 0 Å². The molecule has 2 bridgehead atoms. The number of aromatic nitrogens is 1. The number of urea groups is 1. The van der Waals surface area contributed by atoms with E-state index in [-0.39, 0.29) is 18.9 Å². The highest BCUT2D eigenvalue weighted by Gasteiger charge is 2.64. The third kappa shape index (κ3) is 3.37. The average molecular weight is 434 g/mol. The molecule has 0 spiro atoms. The molecule has 2 atom stereocenters. The van der Waals surface area contributed by atoms with Crippen LogP contribution in [0.4, 0.5) is 23.8 Å². The number of hydrogen-bond acceptors (Lipinski definition) is 5. The number of nitrogens with zero attached hydrogens (tertiary/aromatic N) is 3. The number of hydrogen-bond donors (Lipinski definition) is 3. The highest BCUT2D eigenvalue weighted by atomic mass is 19.4. The van der Waals surface area contributed by atoms with Gasteiger partial charge in [0.25, 0.3) is 0 Å². The van der Waals surface area contributed by atoms with E-state index in [1.807, 2.05) is 0 Å². The molecule has 4 aliphatic rings. The van der Waals surface area contributed by atoms with Crippen molar-refractivity contribution >= 4 is 17.8 Å². The standard InChI is InChI=1S/C20H21F3N6O2/c21-20(22,23)19(7-8-19)27-17(30)13-4-5-14-16(25-13)29(12-6-10-28(14)11-12)18(31)26-15-3-1-2-9-24-15/h1-5,9,12-13,25H,6-8,10-11H2,(H,27,30)(H,24,26,31)/t12-,13?/m0/s1. The van der Waals surface area contributed by atoms with E-state index in [4.69, 9.17) is 0 Å². The fourth-order valence-electron chi connectivity index (χ4n) is 4.28. The summed E-state index contributed by atoms with van der Waals surface area (Å²) < 4.78 is 39.7. The molecule has 4 heterocycles. The fraction of sp³-hybridized carbons (Fsp3) is 0.450. The fourth-order valence-corrected chi connectivity index (χ4v) is 4.28. The Hall–Kier alpha value is -3.24. The van der Waals surface area contributed by atoms with Gasteiger partial charge in [-0.05, 0) is 37.5 Å². The Kier molecular flexibility index (Phi) is 4.38. The summed E-state index contributed by atoms with van der Waals surface area (Å²) in [5.74, 6) is 0.0360. The molecule has 3 N–H and O–H groups in total. The van der Waals surface area contributed by atoms with E-state index in [0.717, 1.165) is 18.7 Å². The van der Waals surface area contributed by atoms with E-state index < -0.39 is 29.7 Å². The number of carbonyl (C=O) groups excluding carboxylic acids is 2. The van der Waals surface area contributed by atoms with Gasteiger partial charge in [-0.15, -0.1) is 0 Å². The first-order chi connectivity index (χ1) is 14.8. The molecule has 3 amide bonds. The van der Waals surface area contributed by atoms with Crippen molar-refractivity contribution in [3.05, 3.63) is 48.1 Å². The van der Waals surface area contributed by atoms with Gasteiger partial charge in [-0.2, -0.15) is 13.2 Å². The van der Waals surface area contributed by atoms with Crippen LogP contribution in [0.2, 0.25) is 0 Å². The number of amides is 3. The van der Waals surface area contributed by atoms with Gasteiger partial charge in [-0.1, -0.05) is 12.1 Å². The summed E-state index contributed by atoms with van der Waals surface area (Å²) >= 11 is 0. The van der Waals surface area contributed by atoms with Gasteiger partial charge in [0.15, 0.2) is 0 Å².